The van der Waals surface area contributed by atoms with Crippen LogP contribution in [-0.4, -0.2) is 22.2 Å². The maximum Gasteiger partial charge on any atom is 0.271 e. The number of hydrogen-bond donors (Lipinski definition) is 2. The van der Waals surface area contributed by atoms with Crippen LogP contribution in [0.15, 0.2) is 41.5 Å². The van der Waals surface area contributed by atoms with Gasteiger partial charge in [0.2, 0.25) is 0 Å². The maximum atomic E-state index is 11.9. The molecule has 0 saturated heterocycles. The van der Waals surface area contributed by atoms with E-state index in [1.807, 2.05) is 0 Å². The molecule has 0 unspecified atom stereocenters. The molecule has 2 N–H and O–H groups in total. The van der Waals surface area contributed by atoms with Crippen LogP contribution < -0.4 is 5.43 Å². The van der Waals surface area contributed by atoms with Crippen molar-refractivity contribution in [1.29, 1.82) is 0 Å². The predicted octanol–water partition coefficient (Wildman–Crippen LogP) is 2.68. The van der Waals surface area contributed by atoms with Gasteiger partial charge in [0.25, 0.3) is 11.6 Å². The van der Waals surface area contributed by atoms with Crippen LogP contribution in [0.5, 0.6) is 5.75 Å². The number of aryl methyl sites for hydroxylation is 2. The molecule has 0 aliphatic heterocycles. The van der Waals surface area contributed by atoms with Crippen molar-refractivity contribution in [3.63, 3.8) is 0 Å². The Morgan fingerprint density at radius 3 is 2.52 bits per heavy atom. The number of nitro benzene ring substituents is 1. The van der Waals surface area contributed by atoms with Crippen LogP contribution in [0.1, 0.15) is 27.0 Å². The first-order valence-corrected chi connectivity index (χ1v) is 6.76. The Hall–Kier alpha value is -3.22. The maximum absolute atomic E-state index is 11.9. The minimum Gasteiger partial charge on any atom is -0.507 e. The molecule has 0 atom stereocenters. The monoisotopic (exact) mass is 313 g/mol. The van der Waals surface area contributed by atoms with Gasteiger partial charge in [0, 0.05) is 17.7 Å². The molecule has 7 heteroatoms. The summed E-state index contributed by atoms with van der Waals surface area (Å²) >= 11 is 0. The number of nitrogens with zero attached hydrogens (tertiary/aromatic N) is 2. The van der Waals surface area contributed by atoms with E-state index >= 15 is 0 Å². The molecule has 0 spiro atoms. The molecule has 0 fully saturated rings. The van der Waals surface area contributed by atoms with Gasteiger partial charge in [0.1, 0.15) is 5.75 Å². The fourth-order valence-electron chi connectivity index (χ4n) is 2.05. The molecule has 0 radical (unpaired) electrons. The first-order chi connectivity index (χ1) is 10.9. The number of benzene rings is 2. The second-order valence-corrected chi connectivity index (χ2v) is 5.01. The molecule has 0 aromatic heterocycles. The highest BCUT2D eigenvalue weighted by atomic mass is 16.6. The highest BCUT2D eigenvalue weighted by molar-refractivity contribution is 5.95. The third-order valence-electron chi connectivity index (χ3n) is 3.21. The number of rotatable bonds is 4. The summed E-state index contributed by atoms with van der Waals surface area (Å²) in [5, 5.41) is 24.2. The quantitative estimate of drug-likeness (QED) is 0.514. The zero-order valence-corrected chi connectivity index (χ0v) is 12.6. The number of carbonyl (C=O) groups is 1. The summed E-state index contributed by atoms with van der Waals surface area (Å²) in [7, 11) is 0. The van der Waals surface area contributed by atoms with E-state index in [4.69, 9.17) is 0 Å². The molecule has 0 heterocycles. The first kappa shape index (κ1) is 16.2. The number of hydrogen-bond acceptors (Lipinski definition) is 5. The predicted molar refractivity (Wildman–Crippen MR) is 85.7 cm³/mol. The van der Waals surface area contributed by atoms with Gasteiger partial charge in [-0.2, -0.15) is 5.10 Å². The van der Waals surface area contributed by atoms with Crippen LogP contribution in [0, 0.1) is 24.0 Å². The number of phenols is 1. The normalized spacial score (nSPS) is 10.7. The van der Waals surface area contributed by atoms with E-state index in [1.165, 1.54) is 30.5 Å². The molecule has 0 aliphatic rings. The molecule has 2 aromatic rings. The Labute approximate surface area is 132 Å². The minimum atomic E-state index is -0.567. The zero-order valence-electron chi connectivity index (χ0n) is 12.6. The summed E-state index contributed by atoms with van der Waals surface area (Å²) in [4.78, 5) is 22.0. The lowest BCUT2D eigenvalue weighted by atomic mass is 10.1. The zero-order chi connectivity index (χ0) is 17.0. The van der Waals surface area contributed by atoms with Gasteiger partial charge in [0.15, 0.2) is 0 Å². The number of phenolic OH excluding ortho intramolecular Hbond substituents is 1. The van der Waals surface area contributed by atoms with Crippen molar-refractivity contribution < 1.29 is 14.8 Å². The van der Waals surface area contributed by atoms with Crippen molar-refractivity contribution in [2.75, 3.05) is 0 Å². The van der Waals surface area contributed by atoms with Gasteiger partial charge in [0.05, 0.1) is 11.1 Å². The second kappa shape index (κ2) is 6.69. The number of hydrazone groups is 1. The van der Waals surface area contributed by atoms with Crippen molar-refractivity contribution in [3.8, 4) is 5.75 Å². The molecule has 2 aromatic carbocycles. The standard InChI is InChI=1S/C16H15N3O4/c1-10-6-12(7-11(2)15(10)20)9-17-18-16(21)13-4-3-5-14(8-13)19(22)23/h3-9,20H,1-2H3,(H,18,21). The minimum absolute atomic E-state index is 0.148. The second-order valence-electron chi connectivity index (χ2n) is 5.01. The van der Waals surface area contributed by atoms with Gasteiger partial charge >= 0.3 is 0 Å². The lowest BCUT2D eigenvalue weighted by molar-refractivity contribution is -0.384. The van der Waals surface area contributed by atoms with E-state index in [1.54, 1.807) is 26.0 Å². The first-order valence-electron chi connectivity index (χ1n) is 6.76. The van der Waals surface area contributed by atoms with Gasteiger partial charge < -0.3 is 5.11 Å². The van der Waals surface area contributed by atoms with Gasteiger partial charge in [-0.3, -0.25) is 14.9 Å². The third-order valence-corrected chi connectivity index (χ3v) is 3.21. The van der Waals surface area contributed by atoms with E-state index in [2.05, 4.69) is 10.5 Å². The molecule has 0 saturated carbocycles. The summed E-state index contributed by atoms with van der Waals surface area (Å²) in [5.41, 5.74) is 4.43. The number of nitrogens with one attached hydrogen (secondary N) is 1. The van der Waals surface area contributed by atoms with Gasteiger partial charge in [-0.1, -0.05) is 6.07 Å². The van der Waals surface area contributed by atoms with Crippen LogP contribution in [-0.2, 0) is 0 Å². The van der Waals surface area contributed by atoms with Gasteiger partial charge in [-0.25, -0.2) is 5.43 Å². The Kier molecular flexibility index (Phi) is 4.70. The molecule has 1 amide bonds. The largest absolute Gasteiger partial charge is 0.507 e. The van der Waals surface area contributed by atoms with E-state index in [9.17, 15) is 20.0 Å². The number of non-ortho nitro benzene ring substituents is 1. The molecular formula is C16H15N3O4. The summed E-state index contributed by atoms with van der Waals surface area (Å²) < 4.78 is 0. The van der Waals surface area contributed by atoms with Crippen LogP contribution in [0.3, 0.4) is 0 Å². The number of nitro groups is 1. The third kappa shape index (κ3) is 3.91. The average Bonchev–Trinajstić information content (AvgIpc) is 2.52. The SMILES string of the molecule is Cc1cc(C=NNC(=O)c2cccc([N+](=O)[O-])c2)cc(C)c1O. The number of carbonyl (C=O) groups excluding carboxylic acids is 1. The molecule has 0 aliphatic carbocycles. The molecule has 7 nitrogen and oxygen atoms in total. The van der Waals surface area contributed by atoms with E-state index in [0.717, 1.165) is 5.56 Å². The molecule has 118 valence electrons. The highest BCUT2D eigenvalue weighted by Crippen LogP contribution is 2.22. The topological polar surface area (TPSA) is 105 Å². The lowest BCUT2D eigenvalue weighted by Crippen LogP contribution is -2.17. The summed E-state index contributed by atoms with van der Waals surface area (Å²) in [6.45, 7) is 3.53. The van der Waals surface area contributed by atoms with E-state index in [0.29, 0.717) is 11.1 Å². The molecule has 23 heavy (non-hydrogen) atoms. The van der Waals surface area contributed by atoms with Crippen molar-refractivity contribution in [3.05, 3.63) is 68.8 Å². The fraction of sp³-hybridized carbons (Fsp3) is 0.125. The lowest BCUT2D eigenvalue weighted by Gasteiger charge is -2.04. The van der Waals surface area contributed by atoms with Crippen molar-refractivity contribution in [2.45, 2.75) is 13.8 Å². The van der Waals surface area contributed by atoms with E-state index in [-0.39, 0.29) is 17.0 Å². The molecule has 0 bridgehead atoms. The molecule has 2 rings (SSSR count). The van der Waals surface area contributed by atoms with Gasteiger partial charge in [-0.15, -0.1) is 0 Å². The summed E-state index contributed by atoms with van der Waals surface area (Å²) in [5.74, 6) is -0.319. The summed E-state index contributed by atoms with van der Waals surface area (Å²) in [6, 6.07) is 8.84. The van der Waals surface area contributed by atoms with Crippen molar-refractivity contribution in [2.24, 2.45) is 5.10 Å². The van der Waals surface area contributed by atoms with Crippen LogP contribution >= 0.6 is 0 Å². The van der Waals surface area contributed by atoms with Crippen LogP contribution in [0.4, 0.5) is 5.69 Å². The van der Waals surface area contributed by atoms with Crippen LogP contribution in [0.25, 0.3) is 0 Å². The van der Waals surface area contributed by atoms with Crippen LogP contribution in [0.2, 0.25) is 0 Å². The Morgan fingerprint density at radius 2 is 1.91 bits per heavy atom. The highest BCUT2D eigenvalue weighted by Gasteiger charge is 2.10. The Balaban J connectivity index is 2.10. The van der Waals surface area contributed by atoms with Crippen molar-refractivity contribution >= 4 is 17.8 Å². The summed E-state index contributed by atoms with van der Waals surface area (Å²) in [6.07, 6.45) is 1.44. The Morgan fingerprint density at radius 1 is 1.26 bits per heavy atom. The number of amides is 1. The van der Waals surface area contributed by atoms with Gasteiger partial charge in [-0.05, 0) is 48.7 Å². The van der Waals surface area contributed by atoms with E-state index < -0.39 is 10.8 Å². The average molecular weight is 313 g/mol. The number of aromatic hydroxyl groups is 1. The Bertz CT molecular complexity index is 777. The smallest absolute Gasteiger partial charge is 0.271 e. The fourth-order valence-corrected chi connectivity index (χ4v) is 2.05. The van der Waals surface area contributed by atoms with Crippen molar-refractivity contribution in [1.82, 2.24) is 5.43 Å². The molecular weight excluding hydrogens is 298 g/mol.